The van der Waals surface area contributed by atoms with Crippen LogP contribution in [0.25, 0.3) is 0 Å². The molecule has 1 amide bonds. The summed E-state index contributed by atoms with van der Waals surface area (Å²) < 4.78 is 2.92. The van der Waals surface area contributed by atoms with E-state index in [0.717, 1.165) is 0 Å². The number of halogens is 1. The van der Waals surface area contributed by atoms with Crippen LogP contribution >= 0.6 is 11.6 Å². The van der Waals surface area contributed by atoms with E-state index in [1.54, 1.807) is 17.8 Å². The Bertz CT molecular complexity index is 651. The van der Waals surface area contributed by atoms with E-state index < -0.39 is 12.0 Å². The molecule has 21 heavy (non-hydrogen) atoms. The van der Waals surface area contributed by atoms with E-state index in [1.807, 2.05) is 0 Å². The van der Waals surface area contributed by atoms with Gasteiger partial charge in [0.25, 0.3) is 0 Å². The Morgan fingerprint density at radius 3 is 2.86 bits per heavy atom. The minimum absolute atomic E-state index is 0.0965. The first-order valence-corrected chi connectivity index (χ1v) is 6.59. The molecule has 2 N–H and O–H groups in total. The van der Waals surface area contributed by atoms with Gasteiger partial charge in [0.15, 0.2) is 5.69 Å². The first kappa shape index (κ1) is 15.0. The predicted molar refractivity (Wildman–Crippen MR) is 74.1 cm³/mol. The van der Waals surface area contributed by atoms with Gasteiger partial charge >= 0.3 is 5.97 Å². The number of hydrogen-bond donors (Lipinski definition) is 2. The molecule has 2 heterocycles. The Hall–Kier alpha value is -2.35. The highest BCUT2D eigenvalue weighted by atomic mass is 35.5. The second-order valence-corrected chi connectivity index (χ2v) is 4.81. The summed E-state index contributed by atoms with van der Waals surface area (Å²) in [5.74, 6) is -1.38. The minimum Gasteiger partial charge on any atom is -0.476 e. The van der Waals surface area contributed by atoms with E-state index in [9.17, 15) is 9.59 Å². The molecule has 1 unspecified atom stereocenters. The molecule has 0 aliphatic carbocycles. The predicted octanol–water partition coefficient (Wildman–Crippen LogP) is 0.809. The van der Waals surface area contributed by atoms with Gasteiger partial charge in [-0.2, -0.15) is 10.2 Å². The molecule has 0 bridgehead atoms. The molecule has 0 aromatic carbocycles. The fraction of sp³-hybridized carbons (Fsp3) is 0.333. The lowest BCUT2D eigenvalue weighted by Gasteiger charge is -2.12. The van der Waals surface area contributed by atoms with Crippen LogP contribution in [0, 0.1) is 0 Å². The van der Waals surface area contributed by atoms with Crippen molar-refractivity contribution in [2.45, 2.75) is 19.5 Å². The molecule has 0 spiro atoms. The van der Waals surface area contributed by atoms with Crippen molar-refractivity contribution in [3.8, 4) is 0 Å². The van der Waals surface area contributed by atoms with Gasteiger partial charge in [0, 0.05) is 18.9 Å². The third kappa shape index (κ3) is 3.82. The molecular formula is C12H14ClN5O3. The van der Waals surface area contributed by atoms with E-state index in [-0.39, 0.29) is 11.6 Å². The number of aromatic nitrogens is 4. The average Bonchev–Trinajstić information content (AvgIpc) is 3.07. The maximum atomic E-state index is 11.9. The summed E-state index contributed by atoms with van der Waals surface area (Å²) in [5.41, 5.74) is -0.0965. The molecule has 2 rings (SSSR count). The van der Waals surface area contributed by atoms with Crippen molar-refractivity contribution in [2.24, 2.45) is 0 Å². The Kier molecular flexibility index (Phi) is 4.59. The van der Waals surface area contributed by atoms with Gasteiger partial charge in [-0.1, -0.05) is 11.6 Å². The summed E-state index contributed by atoms with van der Waals surface area (Å²) in [5, 5.41) is 19.9. The van der Waals surface area contributed by atoms with Crippen LogP contribution in [0.3, 0.4) is 0 Å². The molecule has 0 saturated heterocycles. The first-order valence-electron chi connectivity index (χ1n) is 6.21. The van der Waals surface area contributed by atoms with Crippen LogP contribution in [-0.4, -0.2) is 43.1 Å². The first-order chi connectivity index (χ1) is 9.97. The maximum Gasteiger partial charge on any atom is 0.356 e. The number of aromatic carboxylic acids is 1. The zero-order valence-electron chi connectivity index (χ0n) is 11.2. The van der Waals surface area contributed by atoms with Crippen molar-refractivity contribution in [3.05, 3.63) is 35.4 Å². The molecule has 0 fully saturated rings. The number of nitrogens with one attached hydrogen (secondary N) is 1. The Balaban J connectivity index is 1.85. The van der Waals surface area contributed by atoms with Gasteiger partial charge in [-0.25, -0.2) is 4.79 Å². The fourth-order valence-corrected chi connectivity index (χ4v) is 1.85. The number of amides is 1. The fourth-order valence-electron chi connectivity index (χ4n) is 1.69. The molecule has 9 heteroatoms. The summed E-state index contributed by atoms with van der Waals surface area (Å²) in [4.78, 5) is 22.7. The quantitative estimate of drug-likeness (QED) is 0.822. The zero-order valence-corrected chi connectivity index (χ0v) is 12.0. The monoisotopic (exact) mass is 311 g/mol. The van der Waals surface area contributed by atoms with E-state index in [1.165, 1.54) is 23.1 Å². The average molecular weight is 312 g/mol. The lowest BCUT2D eigenvalue weighted by Crippen LogP contribution is -2.33. The number of carbonyl (C=O) groups excluding carboxylic acids is 1. The molecule has 0 aliphatic rings. The van der Waals surface area contributed by atoms with Crippen LogP contribution in [0.1, 0.15) is 23.5 Å². The van der Waals surface area contributed by atoms with Crippen LogP contribution in [0.4, 0.5) is 0 Å². The molecule has 0 radical (unpaired) electrons. The highest BCUT2D eigenvalue weighted by Crippen LogP contribution is 2.06. The number of rotatable bonds is 6. The van der Waals surface area contributed by atoms with E-state index in [0.29, 0.717) is 18.1 Å². The van der Waals surface area contributed by atoms with Crippen LogP contribution in [0.5, 0.6) is 0 Å². The highest BCUT2D eigenvalue weighted by Gasteiger charge is 2.17. The zero-order chi connectivity index (χ0) is 15.4. The minimum atomic E-state index is -1.13. The summed E-state index contributed by atoms with van der Waals surface area (Å²) in [7, 11) is 0. The highest BCUT2D eigenvalue weighted by molar-refractivity contribution is 6.30. The molecule has 2 aromatic heterocycles. The number of hydrogen-bond acceptors (Lipinski definition) is 4. The van der Waals surface area contributed by atoms with E-state index in [4.69, 9.17) is 16.7 Å². The number of carboxylic acids is 1. The number of carbonyl (C=O) groups is 2. The second-order valence-electron chi connectivity index (χ2n) is 4.37. The van der Waals surface area contributed by atoms with Crippen LogP contribution in [-0.2, 0) is 11.3 Å². The number of nitrogens with zero attached hydrogens (tertiary/aromatic N) is 4. The lowest BCUT2D eigenvalue weighted by atomic mass is 10.3. The summed E-state index contributed by atoms with van der Waals surface area (Å²) in [6, 6.07) is 0.747. The molecular weight excluding hydrogens is 298 g/mol. The third-order valence-electron chi connectivity index (χ3n) is 2.85. The standard InChI is InChI=1S/C12H14ClN5O3/c1-8(18-4-2-10(16-18)12(20)21)11(19)14-3-5-17-7-9(13)6-15-17/h2,4,6-8H,3,5H2,1H3,(H,14,19)(H,20,21). The molecule has 0 aliphatic heterocycles. The molecule has 1 atom stereocenters. The van der Waals surface area contributed by atoms with Crippen molar-refractivity contribution < 1.29 is 14.7 Å². The molecule has 0 saturated carbocycles. The maximum absolute atomic E-state index is 11.9. The third-order valence-corrected chi connectivity index (χ3v) is 3.04. The van der Waals surface area contributed by atoms with Gasteiger partial charge in [-0.15, -0.1) is 0 Å². The molecule has 8 nitrogen and oxygen atoms in total. The Morgan fingerprint density at radius 2 is 2.29 bits per heavy atom. The SMILES string of the molecule is CC(C(=O)NCCn1cc(Cl)cn1)n1ccc(C(=O)O)n1. The van der Waals surface area contributed by atoms with E-state index >= 15 is 0 Å². The topological polar surface area (TPSA) is 102 Å². The largest absolute Gasteiger partial charge is 0.476 e. The van der Waals surface area contributed by atoms with Crippen LogP contribution in [0.15, 0.2) is 24.7 Å². The second kappa shape index (κ2) is 6.40. The Labute approximate surface area is 125 Å². The molecule has 112 valence electrons. The van der Waals surface area contributed by atoms with Crippen LogP contribution < -0.4 is 5.32 Å². The van der Waals surface area contributed by atoms with Crippen molar-refractivity contribution in [2.75, 3.05) is 6.54 Å². The van der Waals surface area contributed by atoms with Gasteiger partial charge in [-0.05, 0) is 13.0 Å². The molecule has 2 aromatic rings. The van der Waals surface area contributed by atoms with Crippen molar-refractivity contribution in [1.29, 1.82) is 0 Å². The summed E-state index contributed by atoms with van der Waals surface area (Å²) >= 11 is 5.73. The smallest absolute Gasteiger partial charge is 0.356 e. The van der Waals surface area contributed by atoms with Crippen molar-refractivity contribution in [1.82, 2.24) is 24.9 Å². The summed E-state index contributed by atoms with van der Waals surface area (Å²) in [6.45, 7) is 2.51. The van der Waals surface area contributed by atoms with E-state index in [2.05, 4.69) is 15.5 Å². The van der Waals surface area contributed by atoms with Gasteiger partial charge < -0.3 is 10.4 Å². The van der Waals surface area contributed by atoms with Crippen LogP contribution in [0.2, 0.25) is 5.02 Å². The van der Waals surface area contributed by atoms with Crippen molar-refractivity contribution in [3.63, 3.8) is 0 Å². The van der Waals surface area contributed by atoms with Gasteiger partial charge in [0.05, 0.1) is 17.8 Å². The van der Waals surface area contributed by atoms with Gasteiger partial charge in [0.2, 0.25) is 5.91 Å². The Morgan fingerprint density at radius 1 is 1.52 bits per heavy atom. The normalized spacial score (nSPS) is 12.1. The lowest BCUT2D eigenvalue weighted by molar-refractivity contribution is -0.124. The van der Waals surface area contributed by atoms with Gasteiger partial charge in [0.1, 0.15) is 6.04 Å². The van der Waals surface area contributed by atoms with Crippen molar-refractivity contribution >= 4 is 23.5 Å². The number of carboxylic acid groups (broad SMARTS) is 1. The van der Waals surface area contributed by atoms with Gasteiger partial charge in [-0.3, -0.25) is 14.2 Å². The summed E-state index contributed by atoms with van der Waals surface area (Å²) in [6.07, 6.45) is 4.63.